The van der Waals surface area contributed by atoms with Crippen LogP contribution in [0, 0.1) is 0 Å². The van der Waals surface area contributed by atoms with Gasteiger partial charge in [0.25, 0.3) is 0 Å². The van der Waals surface area contributed by atoms with Gasteiger partial charge in [-0.05, 0) is 51.5 Å². The maximum atomic E-state index is 12.5. The zero-order valence-electron chi connectivity index (χ0n) is 13.8. The average Bonchev–Trinajstić information content (AvgIpc) is 3.16. The van der Waals surface area contributed by atoms with Crippen molar-refractivity contribution in [2.75, 3.05) is 32.7 Å². The molecule has 3 heterocycles. The number of rotatable bonds is 3. The summed E-state index contributed by atoms with van der Waals surface area (Å²) in [6.07, 6.45) is 8.03. The standard InChI is InChI=1S/C17H29N3O2/c1-14(21)20-12-6-8-16(20)15-7-5-11-19(15)13-17(22)18-9-3-2-4-10-18/h15-16H,2-13H2,1H3/t15-,16-/m1/s1. The lowest BCUT2D eigenvalue weighted by molar-refractivity contribution is -0.134. The Bertz CT molecular complexity index is 420. The molecule has 0 aliphatic carbocycles. The first kappa shape index (κ1) is 15.8. The Labute approximate surface area is 133 Å². The first-order valence-corrected chi connectivity index (χ1v) is 8.96. The molecule has 3 saturated heterocycles. The molecule has 0 aromatic carbocycles. The van der Waals surface area contributed by atoms with E-state index in [2.05, 4.69) is 4.90 Å². The topological polar surface area (TPSA) is 43.9 Å². The lowest BCUT2D eigenvalue weighted by Gasteiger charge is -2.36. The molecule has 3 aliphatic heterocycles. The summed E-state index contributed by atoms with van der Waals surface area (Å²) in [4.78, 5) is 30.8. The third-order valence-electron chi connectivity index (χ3n) is 5.61. The van der Waals surface area contributed by atoms with Crippen LogP contribution in [0.25, 0.3) is 0 Å². The van der Waals surface area contributed by atoms with E-state index in [1.807, 2.05) is 9.80 Å². The molecule has 0 bridgehead atoms. The van der Waals surface area contributed by atoms with Crippen molar-refractivity contribution in [2.45, 2.75) is 64.0 Å². The molecular formula is C17H29N3O2. The van der Waals surface area contributed by atoms with Gasteiger partial charge in [0.05, 0.1) is 6.54 Å². The van der Waals surface area contributed by atoms with Gasteiger partial charge in [0.15, 0.2) is 0 Å². The Morgan fingerprint density at radius 1 is 0.864 bits per heavy atom. The van der Waals surface area contributed by atoms with Gasteiger partial charge in [0.1, 0.15) is 0 Å². The van der Waals surface area contributed by atoms with Gasteiger partial charge in [-0.1, -0.05) is 0 Å². The molecule has 5 heteroatoms. The Kier molecular flexibility index (Phi) is 5.01. The Morgan fingerprint density at radius 3 is 2.27 bits per heavy atom. The first-order valence-electron chi connectivity index (χ1n) is 8.96. The highest BCUT2D eigenvalue weighted by Crippen LogP contribution is 2.30. The van der Waals surface area contributed by atoms with E-state index in [4.69, 9.17) is 0 Å². The monoisotopic (exact) mass is 307 g/mol. The maximum absolute atomic E-state index is 12.5. The van der Waals surface area contributed by atoms with Crippen molar-refractivity contribution in [3.8, 4) is 0 Å². The molecule has 0 spiro atoms. The molecule has 5 nitrogen and oxygen atoms in total. The Balaban J connectivity index is 1.60. The largest absolute Gasteiger partial charge is 0.342 e. The number of carbonyl (C=O) groups excluding carboxylic acids is 2. The molecule has 124 valence electrons. The van der Waals surface area contributed by atoms with Crippen molar-refractivity contribution in [2.24, 2.45) is 0 Å². The van der Waals surface area contributed by atoms with E-state index < -0.39 is 0 Å². The predicted molar refractivity (Wildman–Crippen MR) is 85.4 cm³/mol. The predicted octanol–water partition coefficient (Wildman–Crippen LogP) is 1.47. The molecule has 3 aliphatic rings. The minimum absolute atomic E-state index is 0.191. The number of carbonyl (C=O) groups is 2. The van der Waals surface area contributed by atoms with Crippen LogP contribution in [-0.4, -0.2) is 71.3 Å². The van der Waals surface area contributed by atoms with Crippen molar-refractivity contribution in [3.63, 3.8) is 0 Å². The molecule has 3 rings (SSSR count). The summed E-state index contributed by atoms with van der Waals surface area (Å²) in [6.45, 7) is 5.99. The quantitative estimate of drug-likeness (QED) is 0.793. The van der Waals surface area contributed by atoms with Crippen LogP contribution >= 0.6 is 0 Å². The minimum atomic E-state index is 0.191. The summed E-state index contributed by atoms with van der Waals surface area (Å²) in [6, 6.07) is 0.717. The van der Waals surface area contributed by atoms with Gasteiger partial charge >= 0.3 is 0 Å². The summed E-state index contributed by atoms with van der Waals surface area (Å²) in [5.74, 6) is 0.482. The van der Waals surface area contributed by atoms with Gasteiger partial charge < -0.3 is 9.80 Å². The van der Waals surface area contributed by atoms with Crippen molar-refractivity contribution >= 4 is 11.8 Å². The molecule has 0 N–H and O–H groups in total. The number of hydrogen-bond acceptors (Lipinski definition) is 3. The van der Waals surface area contributed by atoms with Gasteiger partial charge in [-0.25, -0.2) is 0 Å². The van der Waals surface area contributed by atoms with Gasteiger partial charge in [0.2, 0.25) is 11.8 Å². The van der Waals surface area contributed by atoms with E-state index >= 15 is 0 Å². The molecule has 22 heavy (non-hydrogen) atoms. The third kappa shape index (κ3) is 3.29. The average molecular weight is 307 g/mol. The summed E-state index contributed by atoms with van der Waals surface area (Å²) < 4.78 is 0. The summed E-state index contributed by atoms with van der Waals surface area (Å²) in [5, 5.41) is 0. The molecule has 2 amide bonds. The second-order valence-electron chi connectivity index (χ2n) is 7.04. The molecule has 0 unspecified atom stereocenters. The normalized spacial score (nSPS) is 30.0. The highest BCUT2D eigenvalue weighted by Gasteiger charge is 2.39. The van der Waals surface area contributed by atoms with E-state index in [0.717, 1.165) is 64.7 Å². The number of likely N-dealkylation sites (tertiary alicyclic amines) is 3. The van der Waals surface area contributed by atoms with Crippen LogP contribution in [0.15, 0.2) is 0 Å². The number of nitrogens with zero attached hydrogens (tertiary/aromatic N) is 3. The molecule has 0 aromatic rings. The van der Waals surface area contributed by atoms with Crippen LogP contribution in [0.4, 0.5) is 0 Å². The number of piperidine rings is 1. The summed E-state index contributed by atoms with van der Waals surface area (Å²) >= 11 is 0. The summed E-state index contributed by atoms with van der Waals surface area (Å²) in [7, 11) is 0. The molecular weight excluding hydrogens is 278 g/mol. The number of amides is 2. The highest BCUT2D eigenvalue weighted by atomic mass is 16.2. The molecule has 0 aromatic heterocycles. The van der Waals surface area contributed by atoms with Crippen molar-refractivity contribution in [1.29, 1.82) is 0 Å². The molecule has 2 atom stereocenters. The van der Waals surface area contributed by atoms with Crippen LogP contribution in [0.3, 0.4) is 0 Å². The fourth-order valence-electron chi connectivity index (χ4n) is 4.48. The lowest BCUT2D eigenvalue weighted by Crippen LogP contribution is -2.51. The molecule has 0 saturated carbocycles. The van der Waals surface area contributed by atoms with E-state index in [9.17, 15) is 9.59 Å². The molecule has 0 radical (unpaired) electrons. The van der Waals surface area contributed by atoms with Crippen molar-refractivity contribution in [1.82, 2.24) is 14.7 Å². The fraction of sp³-hybridized carbons (Fsp3) is 0.882. The Hall–Kier alpha value is -1.10. The van der Waals surface area contributed by atoms with Crippen LogP contribution < -0.4 is 0 Å². The Morgan fingerprint density at radius 2 is 1.55 bits per heavy atom. The third-order valence-corrected chi connectivity index (χ3v) is 5.61. The number of hydrogen-bond donors (Lipinski definition) is 0. The van der Waals surface area contributed by atoms with Gasteiger partial charge in [0, 0.05) is 38.6 Å². The second-order valence-corrected chi connectivity index (χ2v) is 7.04. The summed E-state index contributed by atoms with van der Waals surface area (Å²) in [5.41, 5.74) is 0. The van der Waals surface area contributed by atoms with E-state index in [1.54, 1.807) is 6.92 Å². The zero-order chi connectivity index (χ0) is 15.5. The van der Waals surface area contributed by atoms with Gasteiger partial charge in [-0.2, -0.15) is 0 Å². The SMILES string of the molecule is CC(=O)N1CCC[C@@H]1[C@H]1CCCN1CC(=O)N1CCCCC1. The lowest BCUT2D eigenvalue weighted by atomic mass is 10.0. The van der Waals surface area contributed by atoms with Crippen molar-refractivity contribution in [3.05, 3.63) is 0 Å². The van der Waals surface area contributed by atoms with Crippen molar-refractivity contribution < 1.29 is 9.59 Å². The van der Waals surface area contributed by atoms with Gasteiger partial charge in [-0.15, -0.1) is 0 Å². The fourth-order valence-corrected chi connectivity index (χ4v) is 4.48. The van der Waals surface area contributed by atoms with Crippen LogP contribution in [0.5, 0.6) is 0 Å². The smallest absolute Gasteiger partial charge is 0.236 e. The van der Waals surface area contributed by atoms with Crippen LogP contribution in [-0.2, 0) is 9.59 Å². The van der Waals surface area contributed by atoms with E-state index in [0.29, 0.717) is 24.5 Å². The van der Waals surface area contributed by atoms with E-state index in [1.165, 1.54) is 6.42 Å². The highest BCUT2D eigenvalue weighted by molar-refractivity contribution is 5.78. The maximum Gasteiger partial charge on any atom is 0.236 e. The van der Waals surface area contributed by atoms with Crippen LogP contribution in [0.1, 0.15) is 51.9 Å². The second kappa shape index (κ2) is 6.99. The van der Waals surface area contributed by atoms with Gasteiger partial charge in [-0.3, -0.25) is 14.5 Å². The zero-order valence-corrected chi connectivity index (χ0v) is 13.8. The molecule has 3 fully saturated rings. The van der Waals surface area contributed by atoms with Crippen LogP contribution in [0.2, 0.25) is 0 Å². The minimum Gasteiger partial charge on any atom is -0.342 e. The van der Waals surface area contributed by atoms with E-state index in [-0.39, 0.29) is 5.91 Å². The first-order chi connectivity index (χ1) is 10.7.